The van der Waals surface area contributed by atoms with Crippen LogP contribution in [0.1, 0.15) is 0 Å². The first-order valence-electron chi connectivity index (χ1n) is 22.5. The second kappa shape index (κ2) is 15.3. The van der Waals surface area contributed by atoms with Gasteiger partial charge in [0.25, 0.3) is 0 Å². The third-order valence-corrected chi connectivity index (χ3v) is 14.1. The highest BCUT2D eigenvalue weighted by Crippen LogP contribution is 2.49. The lowest BCUT2D eigenvalue weighted by molar-refractivity contribution is 0.360. The zero-order valence-corrected chi connectivity index (χ0v) is 37.0. The highest BCUT2D eigenvalue weighted by Gasteiger charge is 2.24. The van der Waals surface area contributed by atoms with E-state index >= 15 is 0 Å². The molecule has 0 N–H and O–H groups in total. The van der Waals surface area contributed by atoms with Gasteiger partial charge in [0.2, 0.25) is 5.95 Å². The first kappa shape index (κ1) is 38.3. The van der Waals surface area contributed by atoms with Crippen molar-refractivity contribution in [1.82, 2.24) is 24.5 Å². The molecule has 13 aromatic rings. The lowest BCUT2D eigenvalue weighted by Gasteiger charge is -2.22. The normalized spacial score (nSPS) is 12.1. The SMILES string of the molecule is c1ccc(-c2cc3nc(-c4ccc5c(c4)Oc4cc(-c6ccc7c(c6)c6c8ccccc8ccc6n7-c6nc(-c7ccccc7)c7ccccc7n6)ccc4O5)nc(-c4ccccc4)c3s2)cc1. The van der Waals surface area contributed by atoms with E-state index in [4.69, 9.17) is 29.4 Å². The quantitative estimate of drug-likeness (QED) is 0.166. The van der Waals surface area contributed by atoms with E-state index in [0.717, 1.165) is 92.6 Å². The maximum absolute atomic E-state index is 6.73. The number of aromatic nitrogens is 5. The van der Waals surface area contributed by atoms with Crippen LogP contribution in [0.25, 0.3) is 115 Å². The third kappa shape index (κ3) is 6.26. The van der Waals surface area contributed by atoms with Crippen LogP contribution < -0.4 is 9.47 Å². The topological polar surface area (TPSA) is 75.0 Å². The van der Waals surface area contributed by atoms with Crippen LogP contribution in [0.3, 0.4) is 0 Å². The van der Waals surface area contributed by atoms with Gasteiger partial charge in [0.05, 0.1) is 38.2 Å². The number of thiophene rings is 1. The summed E-state index contributed by atoms with van der Waals surface area (Å²) in [6.45, 7) is 0. The number of hydrogen-bond acceptors (Lipinski definition) is 7. The third-order valence-electron chi connectivity index (χ3n) is 12.9. The summed E-state index contributed by atoms with van der Waals surface area (Å²) in [6.07, 6.45) is 0. The number of benzene rings is 9. The van der Waals surface area contributed by atoms with Gasteiger partial charge < -0.3 is 9.47 Å². The summed E-state index contributed by atoms with van der Waals surface area (Å²) in [5.41, 5.74) is 11.7. The van der Waals surface area contributed by atoms with Crippen LogP contribution in [0.5, 0.6) is 23.0 Å². The van der Waals surface area contributed by atoms with Crippen molar-refractivity contribution in [2.75, 3.05) is 0 Å². The Morgan fingerprint density at radius 2 is 0.971 bits per heavy atom. The van der Waals surface area contributed by atoms with Gasteiger partial charge in [-0.3, -0.25) is 4.57 Å². The Morgan fingerprint density at radius 1 is 0.368 bits per heavy atom. The molecular formula is C60H35N5O2S. The smallest absolute Gasteiger partial charge is 0.235 e. The Kier molecular flexibility index (Phi) is 8.62. The monoisotopic (exact) mass is 889 g/mol. The Morgan fingerprint density at radius 3 is 1.75 bits per heavy atom. The lowest BCUT2D eigenvalue weighted by Crippen LogP contribution is -2.03. The summed E-state index contributed by atoms with van der Waals surface area (Å²) in [5.74, 6) is 3.75. The fourth-order valence-electron chi connectivity index (χ4n) is 9.66. The zero-order chi connectivity index (χ0) is 44.7. The van der Waals surface area contributed by atoms with E-state index in [1.165, 1.54) is 10.8 Å². The van der Waals surface area contributed by atoms with Crippen molar-refractivity contribution in [2.45, 2.75) is 0 Å². The molecule has 0 bridgehead atoms. The maximum Gasteiger partial charge on any atom is 0.235 e. The molecule has 0 fully saturated rings. The van der Waals surface area contributed by atoms with Gasteiger partial charge in [0, 0.05) is 37.7 Å². The van der Waals surface area contributed by atoms with Gasteiger partial charge >= 0.3 is 0 Å². The average molecular weight is 890 g/mol. The lowest BCUT2D eigenvalue weighted by atomic mass is 9.99. The highest BCUT2D eigenvalue weighted by atomic mass is 32.1. The van der Waals surface area contributed by atoms with Crippen LogP contribution in [-0.2, 0) is 0 Å². The minimum absolute atomic E-state index is 0.600. The van der Waals surface area contributed by atoms with Crippen molar-refractivity contribution < 1.29 is 9.47 Å². The Labute approximate surface area is 393 Å². The molecule has 0 unspecified atom stereocenters. The summed E-state index contributed by atoms with van der Waals surface area (Å²) >= 11 is 1.71. The number of fused-ring (bicyclic) bond motifs is 9. The first-order valence-corrected chi connectivity index (χ1v) is 23.3. The molecule has 0 amide bonds. The van der Waals surface area contributed by atoms with Crippen LogP contribution in [-0.4, -0.2) is 24.5 Å². The van der Waals surface area contributed by atoms with E-state index in [1.807, 2.05) is 66.7 Å². The highest BCUT2D eigenvalue weighted by molar-refractivity contribution is 7.22. The van der Waals surface area contributed by atoms with Crippen molar-refractivity contribution in [3.05, 3.63) is 212 Å². The molecule has 5 heterocycles. The Bertz CT molecular complexity index is 4150. The number of rotatable bonds is 6. The van der Waals surface area contributed by atoms with Crippen molar-refractivity contribution in [2.24, 2.45) is 0 Å². The van der Waals surface area contributed by atoms with E-state index < -0.39 is 0 Å². The molecule has 1 aliphatic heterocycles. The second-order valence-electron chi connectivity index (χ2n) is 17.0. The summed E-state index contributed by atoms with van der Waals surface area (Å²) in [5, 5.41) is 5.59. The fraction of sp³-hybridized carbons (Fsp3) is 0. The van der Waals surface area contributed by atoms with Gasteiger partial charge in [0.1, 0.15) is 0 Å². The molecule has 1 aliphatic rings. The number of ether oxygens (including phenoxy) is 2. The number of hydrogen-bond donors (Lipinski definition) is 0. The van der Waals surface area contributed by atoms with Crippen LogP contribution >= 0.6 is 11.3 Å². The molecule has 0 atom stereocenters. The Balaban J connectivity index is 0.866. The second-order valence-corrected chi connectivity index (χ2v) is 18.0. The van der Waals surface area contributed by atoms with Gasteiger partial charge in [0.15, 0.2) is 28.8 Å². The van der Waals surface area contributed by atoms with Gasteiger partial charge in [-0.05, 0) is 88.1 Å². The zero-order valence-electron chi connectivity index (χ0n) is 36.2. The van der Waals surface area contributed by atoms with Crippen molar-refractivity contribution in [3.63, 3.8) is 0 Å². The average Bonchev–Trinajstić information content (AvgIpc) is 4.00. The fourth-order valence-corrected chi connectivity index (χ4v) is 10.8. The molecule has 4 aromatic heterocycles. The minimum atomic E-state index is 0.600. The predicted molar refractivity (Wildman–Crippen MR) is 276 cm³/mol. The van der Waals surface area contributed by atoms with E-state index in [-0.39, 0.29) is 0 Å². The number of para-hydroxylation sites is 1. The van der Waals surface area contributed by atoms with Crippen molar-refractivity contribution >= 4 is 65.0 Å². The molecular weight excluding hydrogens is 855 g/mol. The molecule has 0 saturated carbocycles. The van der Waals surface area contributed by atoms with E-state index in [2.05, 4.69) is 150 Å². The number of nitrogens with zero attached hydrogens (tertiary/aromatic N) is 5. The van der Waals surface area contributed by atoms with Gasteiger partial charge in [-0.25, -0.2) is 19.9 Å². The molecule has 7 nitrogen and oxygen atoms in total. The first-order chi connectivity index (χ1) is 33.7. The standard InChI is InChI=1S/C60H35N5O2S/c1-4-15-37(16-5-1)54-35-47-58(68-54)57(39-19-8-3-9-20-39)63-59(61-47)42-27-31-51-53(34-42)67-52-33-41(26-30-50(52)66-51)40-25-28-48-45(32-40)55-43-21-11-10-14-36(43)24-29-49(55)65(48)60-62-46-23-13-12-22-44(46)56(64-60)38-17-6-2-7-18-38/h1-35H. The molecule has 14 rings (SSSR count). The molecule has 8 heteroatoms. The van der Waals surface area contributed by atoms with E-state index in [1.54, 1.807) is 11.3 Å². The van der Waals surface area contributed by atoms with Crippen molar-refractivity contribution in [1.29, 1.82) is 0 Å². The summed E-state index contributed by atoms with van der Waals surface area (Å²) in [7, 11) is 0. The van der Waals surface area contributed by atoms with Gasteiger partial charge in [-0.1, -0.05) is 152 Å². The van der Waals surface area contributed by atoms with E-state index in [9.17, 15) is 0 Å². The molecule has 9 aromatic carbocycles. The van der Waals surface area contributed by atoms with Gasteiger partial charge in [-0.2, -0.15) is 0 Å². The van der Waals surface area contributed by atoms with Crippen LogP contribution in [0, 0.1) is 0 Å². The largest absolute Gasteiger partial charge is 0.450 e. The predicted octanol–water partition coefficient (Wildman–Crippen LogP) is 16.1. The maximum atomic E-state index is 6.73. The minimum Gasteiger partial charge on any atom is -0.450 e. The van der Waals surface area contributed by atoms with Crippen LogP contribution in [0.15, 0.2) is 212 Å². The summed E-state index contributed by atoms with van der Waals surface area (Å²) in [4.78, 5) is 22.0. The molecule has 0 spiro atoms. The van der Waals surface area contributed by atoms with Gasteiger partial charge in [-0.15, -0.1) is 11.3 Å². The molecule has 68 heavy (non-hydrogen) atoms. The summed E-state index contributed by atoms with van der Waals surface area (Å²) < 4.78 is 16.5. The molecule has 0 aliphatic carbocycles. The van der Waals surface area contributed by atoms with Crippen LogP contribution in [0.2, 0.25) is 0 Å². The molecule has 0 radical (unpaired) electrons. The molecule has 318 valence electrons. The van der Waals surface area contributed by atoms with E-state index in [0.29, 0.717) is 34.8 Å². The summed E-state index contributed by atoms with van der Waals surface area (Å²) in [6, 6.07) is 73.2. The van der Waals surface area contributed by atoms with Crippen molar-refractivity contribution in [3.8, 4) is 84.4 Å². The Hall–Kier alpha value is -8.98. The van der Waals surface area contributed by atoms with Crippen LogP contribution in [0.4, 0.5) is 0 Å². The molecule has 0 saturated heterocycles.